The van der Waals surface area contributed by atoms with E-state index in [1.165, 1.54) is 5.56 Å². The molecular weight excluding hydrogens is 439 g/mol. The number of hydrogen-bond acceptors (Lipinski definition) is 3. The SMILES string of the molecule is CC(C)(O)[C@@H]1CN(C(=O)c2cccc3ccccc23)CC1CN1CCC(c2ccc(F)cc2)CC1. The largest absolute Gasteiger partial charge is 0.390 e. The molecule has 2 atom stereocenters. The second kappa shape index (κ2) is 9.71. The Morgan fingerprint density at radius 3 is 2.37 bits per heavy atom. The Balaban J connectivity index is 1.27. The number of likely N-dealkylation sites (tertiary alicyclic amines) is 2. The molecule has 3 aromatic carbocycles. The predicted octanol–water partition coefficient (Wildman–Crippen LogP) is 5.32. The maximum Gasteiger partial charge on any atom is 0.254 e. The fraction of sp³-hybridized carbons (Fsp3) is 0.433. The van der Waals surface area contributed by atoms with Gasteiger partial charge in [0.25, 0.3) is 5.91 Å². The highest BCUT2D eigenvalue weighted by Crippen LogP contribution is 2.36. The lowest BCUT2D eigenvalue weighted by atomic mass is 9.81. The second-order valence-electron chi connectivity index (χ2n) is 10.9. The number of aliphatic hydroxyl groups is 1. The second-order valence-corrected chi connectivity index (χ2v) is 10.9. The van der Waals surface area contributed by atoms with Crippen LogP contribution < -0.4 is 0 Å². The Hall–Kier alpha value is -2.76. The summed E-state index contributed by atoms with van der Waals surface area (Å²) in [6.07, 6.45) is 2.09. The van der Waals surface area contributed by atoms with Crippen LogP contribution in [0.4, 0.5) is 4.39 Å². The quantitative estimate of drug-likeness (QED) is 0.545. The average Bonchev–Trinajstić information content (AvgIpc) is 3.29. The molecule has 0 aromatic heterocycles. The molecule has 0 aliphatic carbocycles. The summed E-state index contributed by atoms with van der Waals surface area (Å²) in [6, 6.07) is 20.8. The third-order valence-corrected chi connectivity index (χ3v) is 8.08. The smallest absolute Gasteiger partial charge is 0.254 e. The van der Waals surface area contributed by atoms with Crippen molar-refractivity contribution in [2.75, 3.05) is 32.7 Å². The highest BCUT2D eigenvalue weighted by Gasteiger charge is 2.44. The molecule has 2 saturated heterocycles. The van der Waals surface area contributed by atoms with Gasteiger partial charge in [0, 0.05) is 31.1 Å². The van der Waals surface area contributed by atoms with Gasteiger partial charge in [-0.1, -0.05) is 48.5 Å². The van der Waals surface area contributed by atoms with Crippen molar-refractivity contribution in [1.29, 1.82) is 0 Å². The van der Waals surface area contributed by atoms with E-state index in [4.69, 9.17) is 0 Å². The molecule has 5 heteroatoms. The number of piperidine rings is 1. The number of fused-ring (bicyclic) bond motifs is 1. The third-order valence-electron chi connectivity index (χ3n) is 8.08. The number of benzene rings is 3. The van der Waals surface area contributed by atoms with Crippen LogP contribution in [0.15, 0.2) is 66.7 Å². The van der Waals surface area contributed by atoms with E-state index in [9.17, 15) is 14.3 Å². The number of amides is 1. The Labute approximate surface area is 207 Å². The van der Waals surface area contributed by atoms with Crippen LogP contribution in [0.3, 0.4) is 0 Å². The van der Waals surface area contributed by atoms with Gasteiger partial charge in [0.05, 0.1) is 5.60 Å². The van der Waals surface area contributed by atoms with Crippen LogP contribution in [0.5, 0.6) is 0 Å². The van der Waals surface area contributed by atoms with Gasteiger partial charge in [-0.15, -0.1) is 0 Å². The molecule has 2 aliphatic heterocycles. The highest BCUT2D eigenvalue weighted by molar-refractivity contribution is 6.07. The molecule has 2 aliphatic rings. The Bertz CT molecular complexity index is 1170. The summed E-state index contributed by atoms with van der Waals surface area (Å²) < 4.78 is 13.3. The van der Waals surface area contributed by atoms with Crippen molar-refractivity contribution in [3.63, 3.8) is 0 Å². The first-order valence-corrected chi connectivity index (χ1v) is 12.8. The molecule has 0 bridgehead atoms. The average molecular weight is 475 g/mol. The number of carbonyl (C=O) groups is 1. The Morgan fingerprint density at radius 2 is 1.66 bits per heavy atom. The predicted molar refractivity (Wildman–Crippen MR) is 138 cm³/mol. The fourth-order valence-electron chi connectivity index (χ4n) is 6.12. The van der Waals surface area contributed by atoms with E-state index in [2.05, 4.69) is 4.90 Å². The van der Waals surface area contributed by atoms with Crippen molar-refractivity contribution in [3.8, 4) is 0 Å². The van der Waals surface area contributed by atoms with Gasteiger partial charge < -0.3 is 14.9 Å². The lowest BCUT2D eigenvalue weighted by molar-refractivity contribution is -0.00235. The minimum absolute atomic E-state index is 0.0243. The summed E-state index contributed by atoms with van der Waals surface area (Å²) >= 11 is 0. The van der Waals surface area contributed by atoms with Crippen LogP contribution in [0.1, 0.15) is 48.5 Å². The highest BCUT2D eigenvalue weighted by atomic mass is 19.1. The van der Waals surface area contributed by atoms with Crippen LogP contribution in [0.25, 0.3) is 10.8 Å². The normalized spacial score (nSPS) is 22.1. The van der Waals surface area contributed by atoms with E-state index in [-0.39, 0.29) is 23.6 Å². The van der Waals surface area contributed by atoms with E-state index in [1.54, 1.807) is 12.1 Å². The van der Waals surface area contributed by atoms with Gasteiger partial charge in [0.2, 0.25) is 0 Å². The first kappa shape index (κ1) is 24.0. The summed E-state index contributed by atoms with van der Waals surface area (Å²) in [5.41, 5.74) is 1.09. The van der Waals surface area contributed by atoms with Gasteiger partial charge in [-0.3, -0.25) is 4.79 Å². The molecule has 1 amide bonds. The topological polar surface area (TPSA) is 43.8 Å². The first-order valence-electron chi connectivity index (χ1n) is 12.8. The molecule has 1 N–H and O–H groups in total. The van der Waals surface area contributed by atoms with Gasteiger partial charge in [0.1, 0.15) is 5.82 Å². The Kier molecular flexibility index (Phi) is 6.65. The van der Waals surface area contributed by atoms with Crippen molar-refractivity contribution in [2.45, 2.75) is 38.2 Å². The standard InChI is InChI=1S/C30H35FN2O2/c1-30(2,35)28-20-33(29(34)27-9-5-7-23-6-3-4-8-26(23)27)19-24(28)18-32-16-14-22(15-17-32)21-10-12-25(31)13-11-21/h3-13,22,24,28,35H,14-20H2,1-2H3/t24?,28-/m1/s1. The maximum atomic E-state index is 13.6. The van der Waals surface area contributed by atoms with Crippen LogP contribution in [-0.4, -0.2) is 59.1 Å². The van der Waals surface area contributed by atoms with E-state index >= 15 is 0 Å². The lowest BCUT2D eigenvalue weighted by Gasteiger charge is -2.37. The summed E-state index contributed by atoms with van der Waals surface area (Å²) in [6.45, 7) is 7.82. The van der Waals surface area contributed by atoms with E-state index in [0.717, 1.165) is 48.8 Å². The minimum Gasteiger partial charge on any atom is -0.390 e. The Morgan fingerprint density at radius 1 is 0.971 bits per heavy atom. The minimum atomic E-state index is -0.856. The molecule has 0 saturated carbocycles. The zero-order valence-corrected chi connectivity index (χ0v) is 20.7. The van der Waals surface area contributed by atoms with E-state index < -0.39 is 5.60 Å². The molecule has 4 nitrogen and oxygen atoms in total. The van der Waals surface area contributed by atoms with Gasteiger partial charge >= 0.3 is 0 Å². The molecular formula is C30H35FN2O2. The van der Waals surface area contributed by atoms with Crippen molar-refractivity contribution in [2.24, 2.45) is 11.8 Å². The molecule has 2 heterocycles. The number of rotatable bonds is 5. The summed E-state index contributed by atoms with van der Waals surface area (Å²) in [5.74, 6) is 0.568. The van der Waals surface area contributed by atoms with Crippen LogP contribution in [0.2, 0.25) is 0 Å². The summed E-state index contributed by atoms with van der Waals surface area (Å²) in [4.78, 5) is 18.0. The molecule has 0 spiro atoms. The van der Waals surface area contributed by atoms with Crippen molar-refractivity contribution in [3.05, 3.63) is 83.7 Å². The number of halogens is 1. The number of nitrogens with zero attached hydrogens (tertiary/aromatic N) is 2. The first-order chi connectivity index (χ1) is 16.8. The van der Waals surface area contributed by atoms with Crippen molar-refractivity contribution in [1.82, 2.24) is 9.80 Å². The third kappa shape index (κ3) is 5.12. The van der Waals surface area contributed by atoms with Crippen LogP contribution >= 0.6 is 0 Å². The number of hydrogen-bond donors (Lipinski definition) is 1. The summed E-state index contributed by atoms with van der Waals surface area (Å²) in [7, 11) is 0. The number of carbonyl (C=O) groups excluding carboxylic acids is 1. The molecule has 184 valence electrons. The zero-order valence-electron chi connectivity index (χ0n) is 20.7. The molecule has 2 fully saturated rings. The van der Waals surface area contributed by atoms with Crippen molar-refractivity contribution >= 4 is 16.7 Å². The van der Waals surface area contributed by atoms with Crippen LogP contribution in [-0.2, 0) is 0 Å². The molecule has 35 heavy (non-hydrogen) atoms. The van der Waals surface area contributed by atoms with Crippen LogP contribution in [0, 0.1) is 17.7 Å². The van der Waals surface area contributed by atoms with E-state index in [1.807, 2.05) is 73.3 Å². The summed E-state index contributed by atoms with van der Waals surface area (Å²) in [5, 5.41) is 13.0. The molecule has 5 rings (SSSR count). The molecule has 1 unspecified atom stereocenters. The van der Waals surface area contributed by atoms with E-state index in [0.29, 0.717) is 19.0 Å². The maximum absolute atomic E-state index is 13.6. The molecule has 3 aromatic rings. The molecule has 0 radical (unpaired) electrons. The van der Waals surface area contributed by atoms with Gasteiger partial charge in [-0.25, -0.2) is 4.39 Å². The van der Waals surface area contributed by atoms with Crippen molar-refractivity contribution < 1.29 is 14.3 Å². The zero-order chi connectivity index (χ0) is 24.6. The fourth-order valence-corrected chi connectivity index (χ4v) is 6.12. The monoisotopic (exact) mass is 474 g/mol. The lowest BCUT2D eigenvalue weighted by Crippen LogP contribution is -2.43. The van der Waals surface area contributed by atoms with Gasteiger partial charge in [-0.05, 0) is 86.1 Å². The van der Waals surface area contributed by atoms with Gasteiger partial charge in [0.15, 0.2) is 0 Å². The van der Waals surface area contributed by atoms with Gasteiger partial charge in [-0.2, -0.15) is 0 Å².